The number of rotatable bonds is 9. The number of nitrogens with one attached hydrogen (secondary N) is 2. The molecule has 3 aromatic rings. The Hall–Kier alpha value is -2.77. The molecule has 0 saturated heterocycles. The van der Waals surface area contributed by atoms with Crippen molar-refractivity contribution in [3.63, 3.8) is 0 Å². The fraction of sp³-hybridized carbons (Fsp3) is 0.167. The summed E-state index contributed by atoms with van der Waals surface area (Å²) in [6.07, 6.45) is 0. The highest BCUT2D eigenvalue weighted by molar-refractivity contribution is 8.01. The molecule has 1 aromatic heterocycles. The number of ether oxygens (including phenoxy) is 1. The first-order valence-electron chi connectivity index (χ1n) is 8.57. The number of carbonyl (C=O) groups excluding carboxylic acids is 1. The molecule has 2 N–H and O–H groups in total. The Labute approximate surface area is 185 Å². The first-order valence-corrected chi connectivity index (χ1v) is 11.9. The van der Waals surface area contributed by atoms with Gasteiger partial charge in [0.15, 0.2) is 4.34 Å². The highest BCUT2D eigenvalue weighted by Gasteiger charge is 2.26. The minimum atomic E-state index is -4.67. The van der Waals surface area contributed by atoms with Gasteiger partial charge in [0, 0.05) is 17.4 Å². The summed E-state index contributed by atoms with van der Waals surface area (Å²) >= 11 is 2.44. The van der Waals surface area contributed by atoms with Gasteiger partial charge in [0.05, 0.1) is 17.8 Å². The summed E-state index contributed by atoms with van der Waals surface area (Å²) in [6, 6.07) is 11.8. The third kappa shape index (κ3) is 6.12. The van der Waals surface area contributed by atoms with Crippen LogP contribution < -0.4 is 15.4 Å². The third-order valence-corrected chi connectivity index (χ3v) is 7.13. The van der Waals surface area contributed by atoms with Gasteiger partial charge in [-0.1, -0.05) is 29.2 Å². The molecule has 1 amide bonds. The monoisotopic (exact) mass is 486 g/mol. The van der Waals surface area contributed by atoms with Crippen LogP contribution in [0.25, 0.3) is 0 Å². The van der Waals surface area contributed by atoms with Crippen LogP contribution in [0.15, 0.2) is 57.8 Å². The van der Waals surface area contributed by atoms with E-state index < -0.39 is 20.5 Å². The van der Waals surface area contributed by atoms with Crippen LogP contribution >= 0.6 is 23.1 Å². The van der Waals surface area contributed by atoms with E-state index in [4.69, 9.17) is 4.74 Å². The first kappa shape index (κ1) is 22.9. The third-order valence-electron chi connectivity index (χ3n) is 3.76. The predicted molar refractivity (Wildman–Crippen MR) is 115 cm³/mol. The summed E-state index contributed by atoms with van der Waals surface area (Å²) < 4.78 is 53.6. The Kier molecular flexibility index (Phi) is 7.41. The summed E-state index contributed by atoms with van der Waals surface area (Å²) in [5.74, 6) is -3.14. The number of benzene rings is 2. The molecule has 0 saturated carbocycles. The lowest BCUT2D eigenvalue weighted by atomic mass is 10.3. The number of amides is 1. The topological polar surface area (TPSA) is 110 Å². The van der Waals surface area contributed by atoms with Crippen molar-refractivity contribution in [2.75, 3.05) is 23.5 Å². The van der Waals surface area contributed by atoms with E-state index in [0.29, 0.717) is 15.2 Å². The Morgan fingerprint density at radius 2 is 1.90 bits per heavy atom. The Balaban J connectivity index is 1.52. The zero-order chi connectivity index (χ0) is 22.4. The van der Waals surface area contributed by atoms with Gasteiger partial charge in [-0.15, -0.1) is 10.2 Å². The normalized spacial score (nSPS) is 11.4. The molecule has 0 aliphatic rings. The number of aromatic nitrogens is 2. The molecule has 0 aliphatic carbocycles. The zero-order valence-corrected chi connectivity index (χ0v) is 18.4. The smallest absolute Gasteiger partial charge is 0.341 e. The maximum absolute atomic E-state index is 12.5. The summed E-state index contributed by atoms with van der Waals surface area (Å²) in [5, 5.41) is 14.2. The Bertz CT molecular complexity index is 1150. The second-order valence-corrected chi connectivity index (χ2v) is 10.0. The van der Waals surface area contributed by atoms with Gasteiger partial charge >= 0.3 is 5.76 Å². The molecule has 1 heterocycles. The molecule has 0 fully saturated rings. The van der Waals surface area contributed by atoms with E-state index in [1.807, 2.05) is 18.2 Å². The molecule has 8 nitrogen and oxygen atoms in total. The van der Waals surface area contributed by atoms with E-state index >= 15 is 0 Å². The van der Waals surface area contributed by atoms with Crippen molar-refractivity contribution >= 4 is 55.3 Å². The molecule has 0 bridgehead atoms. The van der Waals surface area contributed by atoms with Crippen LogP contribution in [0.3, 0.4) is 0 Å². The lowest BCUT2D eigenvalue weighted by Gasteiger charge is -2.06. The maximum Gasteiger partial charge on any atom is 0.341 e. The van der Waals surface area contributed by atoms with Crippen molar-refractivity contribution in [2.45, 2.75) is 15.0 Å². The minimum absolute atomic E-state index is 0.0326. The maximum atomic E-state index is 12.5. The van der Waals surface area contributed by atoms with Crippen molar-refractivity contribution in [1.29, 1.82) is 0 Å². The average Bonchev–Trinajstić information content (AvgIpc) is 3.20. The molecule has 2 aromatic carbocycles. The molecular weight excluding hydrogens is 470 g/mol. The van der Waals surface area contributed by atoms with Crippen LogP contribution in [0.4, 0.5) is 25.3 Å². The molecule has 13 heteroatoms. The highest BCUT2D eigenvalue weighted by atomic mass is 32.2. The van der Waals surface area contributed by atoms with Gasteiger partial charge in [-0.25, -0.2) is 8.42 Å². The first-order chi connectivity index (χ1) is 14.8. The van der Waals surface area contributed by atoms with Crippen LogP contribution in [0.2, 0.25) is 0 Å². The number of sulfone groups is 1. The molecule has 0 spiro atoms. The molecule has 3 rings (SSSR count). The number of hydrogen-bond donors (Lipinski definition) is 2. The van der Waals surface area contributed by atoms with Gasteiger partial charge in [-0.3, -0.25) is 4.79 Å². The molecule has 31 heavy (non-hydrogen) atoms. The van der Waals surface area contributed by atoms with E-state index in [2.05, 4.69) is 20.8 Å². The predicted octanol–water partition coefficient (Wildman–Crippen LogP) is 4.02. The number of carbonyl (C=O) groups is 1. The van der Waals surface area contributed by atoms with Crippen LogP contribution in [0.5, 0.6) is 5.75 Å². The highest BCUT2D eigenvalue weighted by Crippen LogP contribution is 2.29. The zero-order valence-electron chi connectivity index (χ0n) is 15.9. The van der Waals surface area contributed by atoms with Crippen molar-refractivity contribution in [1.82, 2.24) is 10.2 Å². The summed E-state index contributed by atoms with van der Waals surface area (Å²) in [5.41, 5.74) is 1.07. The van der Waals surface area contributed by atoms with Gasteiger partial charge in [-0.05, 0) is 36.4 Å². The van der Waals surface area contributed by atoms with Gasteiger partial charge < -0.3 is 15.4 Å². The second kappa shape index (κ2) is 10.0. The van der Waals surface area contributed by atoms with Crippen molar-refractivity contribution in [2.24, 2.45) is 0 Å². The number of nitrogens with zero attached hydrogens (tertiary/aromatic N) is 2. The average molecular weight is 487 g/mol. The van der Waals surface area contributed by atoms with E-state index in [0.717, 1.165) is 17.8 Å². The molecule has 0 radical (unpaired) electrons. The molecule has 164 valence electrons. The van der Waals surface area contributed by atoms with E-state index in [1.54, 1.807) is 13.2 Å². The fourth-order valence-electron chi connectivity index (χ4n) is 2.30. The lowest BCUT2D eigenvalue weighted by molar-refractivity contribution is -0.113. The van der Waals surface area contributed by atoms with Gasteiger partial charge in [0.2, 0.25) is 20.9 Å². The van der Waals surface area contributed by atoms with E-state index in [-0.39, 0.29) is 17.3 Å². The molecule has 0 atom stereocenters. The van der Waals surface area contributed by atoms with Crippen molar-refractivity contribution in [3.05, 3.63) is 48.5 Å². The van der Waals surface area contributed by atoms with Crippen molar-refractivity contribution in [3.8, 4) is 5.75 Å². The summed E-state index contributed by atoms with van der Waals surface area (Å²) in [6.45, 7) is 0. The van der Waals surface area contributed by atoms with E-state index in [9.17, 15) is 22.0 Å². The number of thioether (sulfide) groups is 1. The Morgan fingerprint density at radius 3 is 2.58 bits per heavy atom. The Morgan fingerprint density at radius 1 is 1.16 bits per heavy atom. The van der Waals surface area contributed by atoms with Gasteiger partial charge in [0.1, 0.15) is 5.75 Å². The summed E-state index contributed by atoms with van der Waals surface area (Å²) in [7, 11) is -3.10. The van der Waals surface area contributed by atoms with E-state index in [1.165, 1.54) is 35.2 Å². The number of anilines is 3. The summed E-state index contributed by atoms with van der Waals surface area (Å²) in [4.78, 5) is 11.6. The quantitative estimate of drug-likeness (QED) is 0.437. The van der Waals surface area contributed by atoms with Crippen LogP contribution in [-0.4, -0.2) is 43.1 Å². The molecular formula is C18H16F2N4O4S3. The van der Waals surface area contributed by atoms with Crippen molar-refractivity contribution < 1.29 is 26.7 Å². The van der Waals surface area contributed by atoms with Crippen LogP contribution in [0, 0.1) is 0 Å². The van der Waals surface area contributed by atoms with Gasteiger partial charge in [0.25, 0.3) is 0 Å². The molecule has 0 aliphatic heterocycles. The lowest BCUT2D eigenvalue weighted by Crippen LogP contribution is -2.14. The second-order valence-electron chi connectivity index (χ2n) is 5.90. The van der Waals surface area contributed by atoms with Crippen LogP contribution in [0.1, 0.15) is 0 Å². The number of halogens is 2. The number of methoxy groups -OCH3 is 1. The SMILES string of the molecule is COc1cccc(Nc2nnc(SCC(=O)Nc3ccc(S(=O)(=O)C(F)F)cc3)s2)c1. The molecule has 0 unspecified atom stereocenters. The standard InChI is InChI=1S/C18H16F2N4O4S3/c1-28-13-4-2-3-12(9-13)22-17-23-24-18(30-17)29-10-15(25)21-11-5-7-14(8-6-11)31(26,27)16(19)20/h2-9,16H,10H2,1H3,(H,21,25)(H,22,23). The number of hydrogen-bond acceptors (Lipinski definition) is 9. The fourth-order valence-corrected chi connectivity index (χ4v) is 4.59. The largest absolute Gasteiger partial charge is 0.497 e. The minimum Gasteiger partial charge on any atom is -0.497 e. The van der Waals surface area contributed by atoms with Crippen LogP contribution in [-0.2, 0) is 14.6 Å². The van der Waals surface area contributed by atoms with Gasteiger partial charge in [-0.2, -0.15) is 8.78 Å². The number of alkyl halides is 2.